The van der Waals surface area contributed by atoms with Crippen LogP contribution in [0.4, 0.5) is 5.69 Å². The normalized spacial score (nSPS) is 14.7. The first-order chi connectivity index (χ1) is 9.36. The molecule has 0 aliphatic rings. The van der Waals surface area contributed by atoms with Gasteiger partial charge in [0.25, 0.3) is 0 Å². The molecular weight excluding hydrogens is 246 g/mol. The van der Waals surface area contributed by atoms with Gasteiger partial charge in [-0.1, -0.05) is 26.0 Å². The van der Waals surface area contributed by atoms with E-state index >= 15 is 0 Å². The lowest BCUT2D eigenvalue weighted by molar-refractivity contribution is 0.169. The highest BCUT2D eigenvalue weighted by atomic mass is 15.2. The summed E-state index contributed by atoms with van der Waals surface area (Å²) >= 11 is 0. The summed E-state index contributed by atoms with van der Waals surface area (Å²) in [7, 11) is 6.31. The number of hydrogen-bond acceptors (Lipinski definition) is 3. The molecule has 1 aromatic carbocycles. The lowest BCUT2D eigenvalue weighted by Gasteiger charge is -2.34. The zero-order chi connectivity index (χ0) is 15.3. The lowest BCUT2D eigenvalue weighted by Crippen LogP contribution is -2.37. The summed E-state index contributed by atoms with van der Waals surface area (Å²) < 4.78 is 0. The largest absolute Gasteiger partial charge is 0.378 e. The van der Waals surface area contributed by atoms with Crippen LogP contribution in [-0.4, -0.2) is 38.6 Å². The Labute approximate surface area is 124 Å². The number of hydrogen-bond donors (Lipinski definition) is 1. The molecule has 114 valence electrons. The fourth-order valence-electron chi connectivity index (χ4n) is 2.69. The molecule has 0 aliphatic heterocycles. The minimum absolute atomic E-state index is 0.292. The van der Waals surface area contributed by atoms with Crippen molar-refractivity contribution in [1.82, 2.24) is 4.90 Å². The molecule has 3 heteroatoms. The summed E-state index contributed by atoms with van der Waals surface area (Å²) in [6.45, 7) is 7.48. The minimum atomic E-state index is 0.292. The summed E-state index contributed by atoms with van der Waals surface area (Å²) in [5.74, 6) is 0.710. The third-order valence-corrected chi connectivity index (χ3v) is 4.02. The minimum Gasteiger partial charge on any atom is -0.378 e. The van der Waals surface area contributed by atoms with E-state index in [4.69, 9.17) is 5.73 Å². The SMILES string of the molecule is CC(C)CC(C)N(C)C(CN)c1ccc(N(C)C)cc1. The van der Waals surface area contributed by atoms with Crippen LogP contribution in [0.3, 0.4) is 0 Å². The lowest BCUT2D eigenvalue weighted by atomic mass is 9.99. The summed E-state index contributed by atoms with van der Waals surface area (Å²) in [5, 5.41) is 0. The first-order valence-corrected chi connectivity index (χ1v) is 7.56. The highest BCUT2D eigenvalue weighted by molar-refractivity contribution is 5.46. The van der Waals surface area contributed by atoms with Gasteiger partial charge in [0.15, 0.2) is 0 Å². The van der Waals surface area contributed by atoms with E-state index in [1.165, 1.54) is 17.7 Å². The Morgan fingerprint density at radius 2 is 1.55 bits per heavy atom. The Morgan fingerprint density at radius 3 is 1.95 bits per heavy atom. The molecule has 0 fully saturated rings. The third kappa shape index (κ3) is 4.50. The maximum absolute atomic E-state index is 6.02. The molecule has 0 aliphatic carbocycles. The average Bonchev–Trinajstić information content (AvgIpc) is 2.39. The summed E-state index contributed by atoms with van der Waals surface area (Å²) in [5.41, 5.74) is 8.55. The van der Waals surface area contributed by atoms with Crippen molar-refractivity contribution in [1.29, 1.82) is 0 Å². The quantitative estimate of drug-likeness (QED) is 0.831. The van der Waals surface area contributed by atoms with E-state index in [1.54, 1.807) is 0 Å². The molecule has 0 bridgehead atoms. The Bertz CT molecular complexity index is 384. The highest BCUT2D eigenvalue weighted by Crippen LogP contribution is 2.24. The number of anilines is 1. The van der Waals surface area contributed by atoms with Gasteiger partial charge in [-0.3, -0.25) is 4.90 Å². The van der Waals surface area contributed by atoms with E-state index in [1.807, 2.05) is 0 Å². The van der Waals surface area contributed by atoms with E-state index in [0.29, 0.717) is 24.5 Å². The second kappa shape index (κ2) is 7.65. The summed E-state index contributed by atoms with van der Waals surface area (Å²) in [6, 6.07) is 9.56. The molecule has 2 atom stereocenters. The van der Waals surface area contributed by atoms with E-state index in [2.05, 4.69) is 76.0 Å². The van der Waals surface area contributed by atoms with Gasteiger partial charge < -0.3 is 10.6 Å². The van der Waals surface area contributed by atoms with Crippen molar-refractivity contribution in [2.75, 3.05) is 32.6 Å². The van der Waals surface area contributed by atoms with Crippen LogP contribution in [0.1, 0.15) is 38.8 Å². The van der Waals surface area contributed by atoms with Crippen molar-refractivity contribution >= 4 is 5.69 Å². The molecule has 2 unspecified atom stereocenters. The molecule has 3 nitrogen and oxygen atoms in total. The highest BCUT2D eigenvalue weighted by Gasteiger charge is 2.20. The Morgan fingerprint density at radius 1 is 1.00 bits per heavy atom. The zero-order valence-corrected chi connectivity index (χ0v) is 13.9. The molecular formula is C17H31N3. The molecule has 0 spiro atoms. The van der Waals surface area contributed by atoms with Gasteiger partial charge in [-0.05, 0) is 44.0 Å². The van der Waals surface area contributed by atoms with Crippen LogP contribution in [0, 0.1) is 5.92 Å². The molecule has 1 aromatic rings. The molecule has 0 saturated carbocycles. The van der Waals surface area contributed by atoms with E-state index in [9.17, 15) is 0 Å². The molecule has 0 amide bonds. The average molecular weight is 277 g/mol. The van der Waals surface area contributed by atoms with Crippen LogP contribution < -0.4 is 10.6 Å². The van der Waals surface area contributed by atoms with Gasteiger partial charge in [0, 0.05) is 38.4 Å². The standard InChI is InChI=1S/C17H31N3/c1-13(2)11-14(3)20(6)17(12-18)15-7-9-16(10-8-15)19(4)5/h7-10,13-14,17H,11-12,18H2,1-6H3. The second-order valence-corrected chi connectivity index (χ2v) is 6.38. The Kier molecular flexibility index (Phi) is 6.50. The number of likely N-dealkylation sites (N-methyl/N-ethyl adjacent to an activating group) is 1. The van der Waals surface area contributed by atoms with Crippen LogP contribution in [-0.2, 0) is 0 Å². The van der Waals surface area contributed by atoms with Gasteiger partial charge in [-0.15, -0.1) is 0 Å². The van der Waals surface area contributed by atoms with Crippen LogP contribution in [0.2, 0.25) is 0 Å². The zero-order valence-electron chi connectivity index (χ0n) is 13.9. The van der Waals surface area contributed by atoms with Gasteiger partial charge in [0.1, 0.15) is 0 Å². The molecule has 2 N–H and O–H groups in total. The van der Waals surface area contributed by atoms with Gasteiger partial charge in [0.2, 0.25) is 0 Å². The van der Waals surface area contributed by atoms with E-state index < -0.39 is 0 Å². The maximum Gasteiger partial charge on any atom is 0.0470 e. The fourth-order valence-corrected chi connectivity index (χ4v) is 2.69. The Hall–Kier alpha value is -1.06. The van der Waals surface area contributed by atoms with Crippen molar-refractivity contribution < 1.29 is 0 Å². The number of rotatable bonds is 7. The van der Waals surface area contributed by atoms with Crippen LogP contribution in [0.15, 0.2) is 24.3 Å². The van der Waals surface area contributed by atoms with Crippen LogP contribution >= 0.6 is 0 Å². The topological polar surface area (TPSA) is 32.5 Å². The molecule has 1 rings (SSSR count). The van der Waals surface area contributed by atoms with Crippen molar-refractivity contribution in [3.8, 4) is 0 Å². The van der Waals surface area contributed by atoms with Crippen molar-refractivity contribution in [2.24, 2.45) is 11.7 Å². The summed E-state index contributed by atoms with van der Waals surface area (Å²) in [4.78, 5) is 4.52. The third-order valence-electron chi connectivity index (χ3n) is 4.02. The van der Waals surface area contributed by atoms with Crippen LogP contribution in [0.5, 0.6) is 0 Å². The molecule has 0 saturated heterocycles. The predicted molar refractivity (Wildman–Crippen MR) is 89.2 cm³/mol. The second-order valence-electron chi connectivity index (χ2n) is 6.38. The van der Waals surface area contributed by atoms with Crippen molar-refractivity contribution in [2.45, 2.75) is 39.3 Å². The van der Waals surface area contributed by atoms with E-state index in [0.717, 1.165) is 0 Å². The Balaban J connectivity index is 2.83. The van der Waals surface area contributed by atoms with E-state index in [-0.39, 0.29) is 0 Å². The first kappa shape index (κ1) is 17.0. The molecule has 0 heterocycles. The van der Waals surface area contributed by atoms with Crippen molar-refractivity contribution in [3.63, 3.8) is 0 Å². The smallest absolute Gasteiger partial charge is 0.0470 e. The van der Waals surface area contributed by atoms with Crippen LogP contribution in [0.25, 0.3) is 0 Å². The molecule has 0 radical (unpaired) electrons. The number of nitrogens with two attached hydrogens (primary N) is 1. The summed E-state index contributed by atoms with van der Waals surface area (Å²) in [6.07, 6.45) is 1.20. The van der Waals surface area contributed by atoms with Crippen molar-refractivity contribution in [3.05, 3.63) is 29.8 Å². The van der Waals surface area contributed by atoms with Gasteiger partial charge in [-0.25, -0.2) is 0 Å². The number of nitrogens with zero attached hydrogens (tertiary/aromatic N) is 2. The maximum atomic E-state index is 6.02. The predicted octanol–water partition coefficient (Wildman–Crippen LogP) is 3.12. The van der Waals surface area contributed by atoms with Gasteiger partial charge >= 0.3 is 0 Å². The molecule has 0 aromatic heterocycles. The number of benzene rings is 1. The fraction of sp³-hybridized carbons (Fsp3) is 0.647. The monoisotopic (exact) mass is 277 g/mol. The molecule has 20 heavy (non-hydrogen) atoms. The van der Waals surface area contributed by atoms with Gasteiger partial charge in [0.05, 0.1) is 0 Å². The first-order valence-electron chi connectivity index (χ1n) is 7.56. The van der Waals surface area contributed by atoms with Gasteiger partial charge in [-0.2, -0.15) is 0 Å².